The van der Waals surface area contributed by atoms with Crippen LogP contribution in [0.15, 0.2) is 14.4 Å². The summed E-state index contributed by atoms with van der Waals surface area (Å²) in [4.78, 5) is 76.6. The van der Waals surface area contributed by atoms with Gasteiger partial charge in [0, 0.05) is 42.3 Å². The van der Waals surface area contributed by atoms with Gasteiger partial charge in [0.25, 0.3) is 0 Å². The van der Waals surface area contributed by atoms with Crippen molar-refractivity contribution in [3.8, 4) is 0 Å². The molecule has 1 aromatic rings. The van der Waals surface area contributed by atoms with Crippen LogP contribution in [0.25, 0.3) is 0 Å². The Morgan fingerprint density at radius 2 is 0.758 bits per heavy atom. The van der Waals surface area contributed by atoms with Crippen LogP contribution in [0.4, 0.5) is 14.4 Å². The first kappa shape index (κ1) is 27.3. The lowest BCUT2D eigenvalue weighted by Crippen LogP contribution is -2.55. The molecule has 0 N–H and O–H groups in total. The number of aromatic nitrogens is 3. The largest absolute Gasteiger partial charge is 0.448 e. The summed E-state index contributed by atoms with van der Waals surface area (Å²) >= 11 is 0. The molecule has 0 aromatic carbocycles. The van der Waals surface area contributed by atoms with Crippen molar-refractivity contribution in [3.63, 3.8) is 0 Å². The van der Waals surface area contributed by atoms with E-state index in [0.717, 1.165) is 0 Å². The molecule has 0 bridgehead atoms. The van der Waals surface area contributed by atoms with Crippen molar-refractivity contribution in [2.24, 2.45) is 0 Å². The summed E-state index contributed by atoms with van der Waals surface area (Å²) in [5, 5.41) is 0. The lowest BCUT2D eigenvalue weighted by Gasteiger charge is -2.16. The highest BCUT2D eigenvalue weighted by Gasteiger charge is 2.17. The summed E-state index contributed by atoms with van der Waals surface area (Å²) in [5.74, 6) is 0. The standard InChI is InChI=1S/C18H30N6O9/c1-19(2)16(28)31-10-7-22-13(25)23(8-11-32-17(29)20(3)4)15(27)24(14(22)26)9-12-33-18(30)21(5)6/h7-12H2,1-6H3. The second kappa shape index (κ2) is 12.3. The van der Waals surface area contributed by atoms with Gasteiger partial charge in [0.15, 0.2) is 0 Å². The fraction of sp³-hybridized carbons (Fsp3) is 0.667. The maximum Gasteiger partial charge on any atom is 0.409 e. The van der Waals surface area contributed by atoms with Gasteiger partial charge in [-0.2, -0.15) is 0 Å². The molecule has 0 atom stereocenters. The highest BCUT2D eigenvalue weighted by molar-refractivity contribution is 5.67. The number of nitrogens with zero attached hydrogens (tertiary/aromatic N) is 6. The van der Waals surface area contributed by atoms with E-state index >= 15 is 0 Å². The predicted octanol–water partition coefficient (Wildman–Crippen LogP) is -1.73. The number of carbonyl (C=O) groups is 3. The van der Waals surface area contributed by atoms with Crippen LogP contribution in [0.5, 0.6) is 0 Å². The molecule has 33 heavy (non-hydrogen) atoms. The zero-order valence-electron chi connectivity index (χ0n) is 19.6. The third-order valence-corrected chi connectivity index (χ3v) is 4.10. The van der Waals surface area contributed by atoms with Gasteiger partial charge in [-0.05, 0) is 0 Å². The fourth-order valence-electron chi connectivity index (χ4n) is 2.32. The zero-order valence-corrected chi connectivity index (χ0v) is 19.6. The first-order chi connectivity index (χ1) is 15.4. The highest BCUT2D eigenvalue weighted by Crippen LogP contribution is 1.90. The number of amides is 3. The first-order valence-electron chi connectivity index (χ1n) is 9.85. The van der Waals surface area contributed by atoms with Crippen LogP contribution < -0.4 is 17.1 Å². The number of ether oxygens (including phenoxy) is 3. The maximum atomic E-state index is 12.8. The summed E-state index contributed by atoms with van der Waals surface area (Å²) in [5.41, 5.74) is -2.89. The molecular weight excluding hydrogens is 444 g/mol. The van der Waals surface area contributed by atoms with Gasteiger partial charge in [-0.1, -0.05) is 0 Å². The minimum Gasteiger partial charge on any atom is -0.448 e. The Morgan fingerprint density at radius 1 is 0.545 bits per heavy atom. The molecular formula is C18H30N6O9. The third-order valence-electron chi connectivity index (χ3n) is 4.10. The minimum atomic E-state index is -0.964. The molecule has 15 heteroatoms. The second-order valence-corrected chi connectivity index (χ2v) is 7.33. The van der Waals surface area contributed by atoms with E-state index in [1.807, 2.05) is 0 Å². The van der Waals surface area contributed by atoms with Crippen molar-refractivity contribution in [3.05, 3.63) is 31.5 Å². The summed E-state index contributed by atoms with van der Waals surface area (Å²) < 4.78 is 17.0. The molecule has 0 fully saturated rings. The molecule has 0 spiro atoms. The number of hydrogen-bond donors (Lipinski definition) is 0. The molecule has 1 heterocycles. The molecule has 0 unspecified atom stereocenters. The second-order valence-electron chi connectivity index (χ2n) is 7.33. The SMILES string of the molecule is CN(C)C(=O)OCCn1c(=O)n(CCOC(=O)N(C)C)c(=O)n(CCOC(=O)N(C)C)c1=O. The molecule has 0 saturated carbocycles. The van der Waals surface area contributed by atoms with Crippen LogP contribution in [-0.2, 0) is 33.8 Å². The van der Waals surface area contributed by atoms with E-state index in [0.29, 0.717) is 13.7 Å². The van der Waals surface area contributed by atoms with Crippen molar-refractivity contribution in [1.29, 1.82) is 0 Å². The van der Waals surface area contributed by atoms with Gasteiger partial charge in [-0.3, -0.25) is 0 Å². The van der Waals surface area contributed by atoms with Gasteiger partial charge in [0.05, 0.1) is 19.6 Å². The van der Waals surface area contributed by atoms with Gasteiger partial charge in [0.1, 0.15) is 19.8 Å². The van der Waals surface area contributed by atoms with E-state index in [4.69, 9.17) is 14.2 Å². The van der Waals surface area contributed by atoms with Crippen LogP contribution in [0.1, 0.15) is 0 Å². The lowest BCUT2D eigenvalue weighted by molar-refractivity contribution is 0.109. The summed E-state index contributed by atoms with van der Waals surface area (Å²) in [6, 6.07) is 0. The maximum absolute atomic E-state index is 12.8. The quantitative estimate of drug-likeness (QED) is 0.380. The summed E-state index contributed by atoms with van der Waals surface area (Å²) in [6.45, 7) is -1.91. The van der Waals surface area contributed by atoms with Gasteiger partial charge in [-0.25, -0.2) is 42.5 Å². The monoisotopic (exact) mass is 474 g/mol. The van der Waals surface area contributed by atoms with Crippen LogP contribution in [0.3, 0.4) is 0 Å². The van der Waals surface area contributed by atoms with Crippen LogP contribution in [-0.4, -0.2) is 109 Å². The zero-order chi connectivity index (χ0) is 25.3. The summed E-state index contributed by atoms with van der Waals surface area (Å²) in [6.07, 6.45) is -2.03. The average Bonchev–Trinajstić information content (AvgIpc) is 2.74. The van der Waals surface area contributed by atoms with Crippen LogP contribution in [0.2, 0.25) is 0 Å². The summed E-state index contributed by atoms with van der Waals surface area (Å²) in [7, 11) is 8.78. The van der Waals surface area contributed by atoms with E-state index in [2.05, 4.69) is 0 Å². The Bertz CT molecular complexity index is 863. The van der Waals surface area contributed by atoms with Crippen LogP contribution in [0, 0.1) is 0 Å². The number of carbonyl (C=O) groups excluding carboxylic acids is 3. The lowest BCUT2D eigenvalue weighted by atomic mass is 10.5. The average molecular weight is 474 g/mol. The molecule has 15 nitrogen and oxygen atoms in total. The first-order valence-corrected chi connectivity index (χ1v) is 9.85. The Morgan fingerprint density at radius 3 is 0.939 bits per heavy atom. The molecule has 0 radical (unpaired) electrons. The van der Waals surface area contributed by atoms with Crippen LogP contribution >= 0.6 is 0 Å². The Hall–Kier alpha value is -3.78. The van der Waals surface area contributed by atoms with Crippen molar-refractivity contribution in [2.75, 3.05) is 62.1 Å². The molecule has 1 aromatic heterocycles. The van der Waals surface area contributed by atoms with Gasteiger partial charge < -0.3 is 28.9 Å². The highest BCUT2D eigenvalue weighted by atomic mass is 16.6. The fourth-order valence-corrected chi connectivity index (χ4v) is 2.32. The van der Waals surface area contributed by atoms with E-state index < -0.39 is 35.3 Å². The molecule has 186 valence electrons. The Balaban J connectivity index is 3.21. The minimum absolute atomic E-state index is 0.310. The molecule has 0 aliphatic carbocycles. The van der Waals surface area contributed by atoms with Crippen molar-refractivity contribution in [2.45, 2.75) is 19.6 Å². The van der Waals surface area contributed by atoms with Crippen molar-refractivity contribution in [1.82, 2.24) is 28.4 Å². The van der Waals surface area contributed by atoms with Gasteiger partial charge in [0.2, 0.25) is 0 Å². The molecule has 0 aliphatic rings. The number of rotatable bonds is 9. The van der Waals surface area contributed by atoms with Gasteiger partial charge >= 0.3 is 35.3 Å². The topological polar surface area (TPSA) is 155 Å². The molecule has 1 rings (SSSR count). The van der Waals surface area contributed by atoms with E-state index in [-0.39, 0.29) is 39.5 Å². The Kier molecular flexibility index (Phi) is 10.2. The van der Waals surface area contributed by atoms with Crippen molar-refractivity contribution < 1.29 is 28.6 Å². The number of hydrogen-bond acceptors (Lipinski definition) is 9. The smallest absolute Gasteiger partial charge is 0.409 e. The van der Waals surface area contributed by atoms with Gasteiger partial charge in [-0.15, -0.1) is 0 Å². The van der Waals surface area contributed by atoms with E-state index in [9.17, 15) is 28.8 Å². The van der Waals surface area contributed by atoms with E-state index in [1.54, 1.807) is 0 Å². The normalized spacial score (nSPS) is 10.4. The Labute approximate surface area is 189 Å². The van der Waals surface area contributed by atoms with E-state index in [1.165, 1.54) is 57.0 Å². The van der Waals surface area contributed by atoms with Crippen molar-refractivity contribution >= 4 is 18.3 Å². The molecule has 0 aliphatic heterocycles. The molecule has 3 amide bonds. The predicted molar refractivity (Wildman–Crippen MR) is 114 cm³/mol. The third kappa shape index (κ3) is 7.69. The molecule has 0 saturated heterocycles.